The summed E-state index contributed by atoms with van der Waals surface area (Å²) in [5.41, 5.74) is 4.75. The normalized spacial score (nSPS) is 10.3. The Morgan fingerprint density at radius 2 is 1.68 bits per heavy atom. The van der Waals surface area contributed by atoms with Crippen molar-refractivity contribution in [3.63, 3.8) is 0 Å². The Morgan fingerprint density at radius 3 is 2.37 bits per heavy atom. The molecule has 0 aliphatic heterocycles. The first-order valence-corrected chi connectivity index (χ1v) is 6.30. The second-order valence-electron chi connectivity index (χ2n) is 3.84. The minimum Gasteiger partial charge on any atom is -0.465 e. The number of hydrogen-bond acceptors (Lipinski definition) is 3. The molecule has 19 heavy (non-hydrogen) atoms. The third-order valence-corrected chi connectivity index (χ3v) is 2.59. The van der Waals surface area contributed by atoms with E-state index < -0.39 is 0 Å². The van der Waals surface area contributed by atoms with Gasteiger partial charge in [-0.2, -0.15) is 5.10 Å². The van der Waals surface area contributed by atoms with Gasteiger partial charge in [0.25, 0.3) is 5.17 Å². The first-order valence-electron chi connectivity index (χ1n) is 5.89. The van der Waals surface area contributed by atoms with Crippen LogP contribution in [0.25, 0.3) is 0 Å². The van der Waals surface area contributed by atoms with E-state index in [1.807, 2.05) is 60.7 Å². The van der Waals surface area contributed by atoms with Crippen molar-refractivity contribution < 1.29 is 4.74 Å². The van der Waals surface area contributed by atoms with E-state index in [1.165, 1.54) is 0 Å². The van der Waals surface area contributed by atoms with E-state index in [2.05, 4.69) is 10.5 Å². The van der Waals surface area contributed by atoms with E-state index in [0.29, 0.717) is 6.61 Å². The SMILES string of the molecule is S=C(NN=Cc1ccccc1)OCc1ccccc1. The predicted molar refractivity (Wildman–Crippen MR) is 81.0 cm³/mol. The minimum absolute atomic E-state index is 0.260. The molecule has 0 aliphatic carbocycles. The van der Waals surface area contributed by atoms with Gasteiger partial charge in [-0.3, -0.25) is 0 Å². The van der Waals surface area contributed by atoms with Crippen LogP contribution in [0.4, 0.5) is 0 Å². The number of rotatable bonds is 4. The fraction of sp³-hybridized carbons (Fsp3) is 0.0667. The topological polar surface area (TPSA) is 33.6 Å². The van der Waals surface area contributed by atoms with Crippen molar-refractivity contribution in [3.05, 3.63) is 71.8 Å². The van der Waals surface area contributed by atoms with Crippen LogP contribution in [0.1, 0.15) is 11.1 Å². The van der Waals surface area contributed by atoms with Gasteiger partial charge >= 0.3 is 0 Å². The van der Waals surface area contributed by atoms with Crippen LogP contribution >= 0.6 is 12.2 Å². The zero-order valence-corrected chi connectivity index (χ0v) is 11.1. The fourth-order valence-electron chi connectivity index (χ4n) is 1.45. The highest BCUT2D eigenvalue weighted by Gasteiger charge is 1.96. The summed E-state index contributed by atoms with van der Waals surface area (Å²) in [6, 6.07) is 19.6. The van der Waals surface area contributed by atoms with Crippen molar-refractivity contribution in [1.82, 2.24) is 5.43 Å². The van der Waals surface area contributed by atoms with E-state index >= 15 is 0 Å². The highest BCUT2D eigenvalue weighted by Crippen LogP contribution is 2.00. The van der Waals surface area contributed by atoms with Crippen molar-refractivity contribution in [2.75, 3.05) is 0 Å². The van der Waals surface area contributed by atoms with Crippen LogP contribution in [0, 0.1) is 0 Å². The lowest BCUT2D eigenvalue weighted by Crippen LogP contribution is -2.18. The summed E-state index contributed by atoms with van der Waals surface area (Å²) in [6.07, 6.45) is 1.69. The number of hydrazone groups is 1. The Balaban J connectivity index is 1.75. The van der Waals surface area contributed by atoms with Crippen LogP contribution < -0.4 is 5.43 Å². The summed E-state index contributed by atoms with van der Waals surface area (Å²) in [6.45, 7) is 0.438. The molecule has 2 aromatic rings. The Labute approximate surface area is 117 Å². The van der Waals surface area contributed by atoms with Crippen LogP contribution in [-0.2, 0) is 11.3 Å². The van der Waals surface area contributed by atoms with Gasteiger partial charge in [0.1, 0.15) is 6.61 Å². The number of thiocarbonyl (C=S) groups is 1. The summed E-state index contributed by atoms with van der Waals surface area (Å²) in [5, 5.41) is 4.27. The van der Waals surface area contributed by atoms with Crippen LogP contribution in [0.15, 0.2) is 65.8 Å². The lowest BCUT2D eigenvalue weighted by Gasteiger charge is -2.05. The third-order valence-electron chi connectivity index (χ3n) is 2.38. The zero-order valence-electron chi connectivity index (χ0n) is 10.3. The monoisotopic (exact) mass is 270 g/mol. The maximum Gasteiger partial charge on any atom is 0.277 e. The Kier molecular flexibility index (Phi) is 5.07. The average Bonchev–Trinajstić information content (AvgIpc) is 2.47. The number of nitrogens with one attached hydrogen (secondary N) is 1. The van der Waals surface area contributed by atoms with E-state index in [1.54, 1.807) is 6.21 Å². The Bertz CT molecular complexity index is 541. The summed E-state index contributed by atoms with van der Waals surface area (Å²) >= 11 is 5.02. The first-order chi connectivity index (χ1) is 9.34. The third kappa shape index (κ3) is 4.89. The summed E-state index contributed by atoms with van der Waals surface area (Å²) < 4.78 is 5.37. The predicted octanol–water partition coefficient (Wildman–Crippen LogP) is 3.11. The molecule has 1 N–H and O–H groups in total. The lowest BCUT2D eigenvalue weighted by molar-refractivity contribution is 0.287. The molecule has 0 aliphatic rings. The van der Waals surface area contributed by atoms with Gasteiger partial charge in [0, 0.05) is 0 Å². The van der Waals surface area contributed by atoms with Crippen molar-refractivity contribution in [2.45, 2.75) is 6.61 Å². The molecule has 96 valence electrons. The average molecular weight is 270 g/mol. The second kappa shape index (κ2) is 7.28. The van der Waals surface area contributed by atoms with E-state index in [0.717, 1.165) is 11.1 Å². The number of benzene rings is 2. The van der Waals surface area contributed by atoms with Gasteiger partial charge in [-0.05, 0) is 23.3 Å². The molecule has 0 radical (unpaired) electrons. The zero-order chi connectivity index (χ0) is 13.3. The molecule has 3 nitrogen and oxygen atoms in total. The molecule has 0 unspecified atom stereocenters. The number of hydrogen-bond donors (Lipinski definition) is 1. The number of ether oxygens (including phenoxy) is 1. The maximum absolute atomic E-state index is 5.37. The van der Waals surface area contributed by atoms with Gasteiger partial charge in [-0.15, -0.1) is 0 Å². The summed E-state index contributed by atoms with van der Waals surface area (Å²) in [4.78, 5) is 0. The molecule has 0 heterocycles. The quantitative estimate of drug-likeness (QED) is 0.526. The van der Waals surface area contributed by atoms with E-state index in [-0.39, 0.29) is 5.17 Å². The molecule has 0 bridgehead atoms. The molecule has 0 amide bonds. The maximum atomic E-state index is 5.37. The van der Waals surface area contributed by atoms with Crippen LogP contribution in [0.2, 0.25) is 0 Å². The largest absolute Gasteiger partial charge is 0.465 e. The van der Waals surface area contributed by atoms with Crippen molar-refractivity contribution in [3.8, 4) is 0 Å². The molecular weight excluding hydrogens is 256 g/mol. The standard InChI is InChI=1S/C15H14N2OS/c19-15(18-12-14-9-5-2-6-10-14)17-16-11-13-7-3-1-4-8-13/h1-11H,12H2,(H,17,19). The lowest BCUT2D eigenvalue weighted by atomic mass is 10.2. The van der Waals surface area contributed by atoms with Gasteiger partial charge in [0.15, 0.2) is 0 Å². The molecule has 0 saturated carbocycles. The molecule has 2 aromatic carbocycles. The van der Waals surface area contributed by atoms with Crippen molar-refractivity contribution in [2.24, 2.45) is 5.10 Å². The first kappa shape index (κ1) is 13.2. The van der Waals surface area contributed by atoms with Gasteiger partial charge < -0.3 is 4.74 Å². The number of nitrogens with zero attached hydrogens (tertiary/aromatic N) is 1. The molecule has 0 spiro atoms. The van der Waals surface area contributed by atoms with Crippen LogP contribution in [0.5, 0.6) is 0 Å². The minimum atomic E-state index is 0.260. The highest BCUT2D eigenvalue weighted by molar-refractivity contribution is 7.80. The Morgan fingerprint density at radius 1 is 1.05 bits per heavy atom. The van der Waals surface area contributed by atoms with Gasteiger partial charge in [-0.1, -0.05) is 60.7 Å². The molecule has 0 saturated heterocycles. The Hall–Kier alpha value is -2.20. The van der Waals surface area contributed by atoms with Gasteiger partial charge in [0.05, 0.1) is 6.21 Å². The second-order valence-corrected chi connectivity index (χ2v) is 4.21. The molecule has 0 atom stereocenters. The molecule has 0 fully saturated rings. The van der Waals surface area contributed by atoms with Crippen LogP contribution in [0.3, 0.4) is 0 Å². The molecular formula is C15H14N2OS. The van der Waals surface area contributed by atoms with E-state index in [9.17, 15) is 0 Å². The van der Waals surface area contributed by atoms with Crippen molar-refractivity contribution in [1.29, 1.82) is 0 Å². The smallest absolute Gasteiger partial charge is 0.277 e. The molecule has 0 aromatic heterocycles. The van der Waals surface area contributed by atoms with Crippen LogP contribution in [-0.4, -0.2) is 11.4 Å². The molecule has 2 rings (SSSR count). The van der Waals surface area contributed by atoms with Gasteiger partial charge in [-0.25, -0.2) is 5.43 Å². The van der Waals surface area contributed by atoms with Crippen molar-refractivity contribution >= 4 is 23.6 Å². The molecule has 4 heteroatoms. The summed E-state index contributed by atoms with van der Waals surface area (Å²) in [7, 11) is 0. The fourth-order valence-corrected chi connectivity index (χ4v) is 1.57. The summed E-state index contributed by atoms with van der Waals surface area (Å²) in [5.74, 6) is 0. The van der Waals surface area contributed by atoms with E-state index in [4.69, 9.17) is 17.0 Å². The highest BCUT2D eigenvalue weighted by atomic mass is 32.1. The van der Waals surface area contributed by atoms with Gasteiger partial charge in [0.2, 0.25) is 0 Å².